The van der Waals surface area contributed by atoms with Crippen LogP contribution in [0.4, 0.5) is 0 Å². The van der Waals surface area contributed by atoms with E-state index < -0.39 is 0 Å². The fourth-order valence-electron chi connectivity index (χ4n) is 1.17. The second-order valence-corrected chi connectivity index (χ2v) is 4.67. The third-order valence-corrected chi connectivity index (χ3v) is 2.16. The SMILES string of the molecule is CCCN(CCO)CC(=O)C(C)(C)C. The molecule has 0 rings (SSSR count). The first-order valence-electron chi connectivity index (χ1n) is 5.28. The van der Waals surface area contributed by atoms with Gasteiger partial charge in [0.05, 0.1) is 13.2 Å². The number of hydrogen-bond donors (Lipinski definition) is 1. The quantitative estimate of drug-likeness (QED) is 0.704. The highest BCUT2D eigenvalue weighted by atomic mass is 16.3. The lowest BCUT2D eigenvalue weighted by Crippen LogP contribution is -2.37. The van der Waals surface area contributed by atoms with Crippen LogP contribution in [0.1, 0.15) is 34.1 Å². The van der Waals surface area contributed by atoms with Crippen LogP contribution in [0.5, 0.6) is 0 Å². The molecule has 0 bridgehead atoms. The number of ketones is 1. The van der Waals surface area contributed by atoms with E-state index in [0.717, 1.165) is 13.0 Å². The Hall–Kier alpha value is -0.410. The number of nitrogens with zero attached hydrogens (tertiary/aromatic N) is 1. The first-order chi connectivity index (χ1) is 6.41. The third-order valence-electron chi connectivity index (χ3n) is 2.16. The average molecular weight is 201 g/mol. The monoisotopic (exact) mass is 201 g/mol. The summed E-state index contributed by atoms with van der Waals surface area (Å²) in [6, 6.07) is 0. The normalized spacial score (nSPS) is 12.1. The van der Waals surface area contributed by atoms with Gasteiger partial charge in [-0.2, -0.15) is 0 Å². The van der Waals surface area contributed by atoms with Crippen LogP contribution in [0.3, 0.4) is 0 Å². The fraction of sp³-hybridized carbons (Fsp3) is 0.909. The van der Waals surface area contributed by atoms with Crippen LogP contribution in [0.15, 0.2) is 0 Å². The molecular weight excluding hydrogens is 178 g/mol. The molecule has 0 spiro atoms. The number of rotatable bonds is 6. The van der Waals surface area contributed by atoms with Gasteiger partial charge in [0.25, 0.3) is 0 Å². The molecule has 1 N–H and O–H groups in total. The van der Waals surface area contributed by atoms with E-state index >= 15 is 0 Å². The Morgan fingerprint density at radius 1 is 1.29 bits per heavy atom. The molecule has 0 aliphatic heterocycles. The van der Waals surface area contributed by atoms with Crippen molar-refractivity contribution in [3.63, 3.8) is 0 Å². The lowest BCUT2D eigenvalue weighted by Gasteiger charge is -2.24. The maximum atomic E-state index is 11.7. The van der Waals surface area contributed by atoms with E-state index in [1.165, 1.54) is 0 Å². The Morgan fingerprint density at radius 3 is 2.21 bits per heavy atom. The molecule has 0 aliphatic rings. The predicted octanol–water partition coefficient (Wildman–Crippen LogP) is 1.31. The summed E-state index contributed by atoms with van der Waals surface area (Å²) in [5.74, 6) is 0.236. The van der Waals surface area contributed by atoms with E-state index in [0.29, 0.717) is 13.1 Å². The number of aliphatic hydroxyl groups excluding tert-OH is 1. The predicted molar refractivity (Wildman–Crippen MR) is 58.3 cm³/mol. The highest BCUT2D eigenvalue weighted by Gasteiger charge is 2.22. The molecule has 3 nitrogen and oxygen atoms in total. The topological polar surface area (TPSA) is 40.5 Å². The first kappa shape index (κ1) is 13.6. The molecule has 0 radical (unpaired) electrons. The van der Waals surface area contributed by atoms with Gasteiger partial charge >= 0.3 is 0 Å². The van der Waals surface area contributed by atoms with E-state index in [-0.39, 0.29) is 17.8 Å². The van der Waals surface area contributed by atoms with Crippen molar-refractivity contribution in [1.29, 1.82) is 0 Å². The van der Waals surface area contributed by atoms with Gasteiger partial charge in [-0.05, 0) is 13.0 Å². The Morgan fingerprint density at radius 2 is 1.86 bits per heavy atom. The molecule has 3 heteroatoms. The molecular formula is C11H23NO2. The maximum absolute atomic E-state index is 11.7. The van der Waals surface area contributed by atoms with Gasteiger partial charge in [0.2, 0.25) is 0 Å². The minimum absolute atomic E-state index is 0.122. The Bertz CT molecular complexity index is 167. The first-order valence-corrected chi connectivity index (χ1v) is 5.28. The van der Waals surface area contributed by atoms with Crippen molar-refractivity contribution in [2.24, 2.45) is 5.41 Å². The second kappa shape index (κ2) is 6.14. The van der Waals surface area contributed by atoms with Gasteiger partial charge in [-0.15, -0.1) is 0 Å². The fourth-order valence-corrected chi connectivity index (χ4v) is 1.17. The molecule has 0 aromatic rings. The van der Waals surface area contributed by atoms with Crippen molar-refractivity contribution >= 4 is 5.78 Å². The molecule has 0 aromatic heterocycles. The number of Topliss-reactive ketones (excluding diaryl/α,β-unsaturated/α-hetero) is 1. The van der Waals surface area contributed by atoms with E-state index in [9.17, 15) is 4.79 Å². The van der Waals surface area contributed by atoms with Crippen molar-refractivity contribution in [1.82, 2.24) is 4.90 Å². The minimum Gasteiger partial charge on any atom is -0.395 e. The number of carbonyl (C=O) groups is 1. The largest absolute Gasteiger partial charge is 0.395 e. The summed E-state index contributed by atoms with van der Waals surface area (Å²) in [6.45, 7) is 9.91. The summed E-state index contributed by atoms with van der Waals surface area (Å²) in [4.78, 5) is 13.7. The zero-order valence-electron chi connectivity index (χ0n) is 9.84. The molecule has 0 amide bonds. The summed E-state index contributed by atoms with van der Waals surface area (Å²) in [5, 5.41) is 8.83. The molecule has 0 heterocycles. The summed E-state index contributed by atoms with van der Waals surface area (Å²) in [5.41, 5.74) is -0.276. The number of aliphatic hydroxyl groups is 1. The number of hydrogen-bond acceptors (Lipinski definition) is 3. The van der Waals surface area contributed by atoms with Crippen molar-refractivity contribution in [3.8, 4) is 0 Å². The maximum Gasteiger partial charge on any atom is 0.152 e. The zero-order valence-corrected chi connectivity index (χ0v) is 9.84. The van der Waals surface area contributed by atoms with Crippen molar-refractivity contribution < 1.29 is 9.90 Å². The summed E-state index contributed by atoms with van der Waals surface area (Å²) in [7, 11) is 0. The van der Waals surface area contributed by atoms with Crippen molar-refractivity contribution in [2.75, 3.05) is 26.2 Å². The molecule has 0 aromatic carbocycles. The average Bonchev–Trinajstić information content (AvgIpc) is 2.03. The van der Waals surface area contributed by atoms with Gasteiger partial charge in [0, 0.05) is 12.0 Å². The Labute approximate surface area is 87.1 Å². The van der Waals surface area contributed by atoms with Crippen LogP contribution >= 0.6 is 0 Å². The molecule has 0 aliphatic carbocycles. The van der Waals surface area contributed by atoms with Crippen molar-refractivity contribution in [2.45, 2.75) is 34.1 Å². The van der Waals surface area contributed by atoms with Crippen LogP contribution in [0, 0.1) is 5.41 Å². The molecule has 0 unspecified atom stereocenters. The van der Waals surface area contributed by atoms with Crippen LogP contribution in [0.2, 0.25) is 0 Å². The minimum atomic E-state index is -0.276. The second-order valence-electron chi connectivity index (χ2n) is 4.67. The van der Waals surface area contributed by atoms with E-state index in [2.05, 4.69) is 6.92 Å². The lowest BCUT2D eigenvalue weighted by atomic mass is 9.90. The van der Waals surface area contributed by atoms with E-state index in [1.807, 2.05) is 25.7 Å². The van der Waals surface area contributed by atoms with Crippen molar-refractivity contribution in [3.05, 3.63) is 0 Å². The van der Waals surface area contributed by atoms with Gasteiger partial charge < -0.3 is 5.11 Å². The smallest absolute Gasteiger partial charge is 0.152 e. The Kier molecular flexibility index (Phi) is 5.96. The van der Waals surface area contributed by atoms with Crippen LogP contribution in [-0.2, 0) is 4.79 Å². The Balaban J connectivity index is 4.08. The van der Waals surface area contributed by atoms with Gasteiger partial charge in [0.15, 0.2) is 5.78 Å². The number of carbonyl (C=O) groups excluding carboxylic acids is 1. The molecule has 84 valence electrons. The highest BCUT2D eigenvalue weighted by Crippen LogP contribution is 2.15. The van der Waals surface area contributed by atoms with E-state index in [4.69, 9.17) is 5.11 Å². The summed E-state index contributed by atoms with van der Waals surface area (Å²) >= 11 is 0. The molecule has 14 heavy (non-hydrogen) atoms. The molecule has 0 saturated carbocycles. The molecule has 0 fully saturated rings. The highest BCUT2D eigenvalue weighted by molar-refractivity contribution is 5.85. The molecule has 0 saturated heterocycles. The van der Waals surface area contributed by atoms with Gasteiger partial charge in [0.1, 0.15) is 0 Å². The van der Waals surface area contributed by atoms with Crippen LogP contribution < -0.4 is 0 Å². The lowest BCUT2D eigenvalue weighted by molar-refractivity contribution is -0.127. The van der Waals surface area contributed by atoms with Gasteiger partial charge in [-0.25, -0.2) is 0 Å². The van der Waals surface area contributed by atoms with E-state index in [1.54, 1.807) is 0 Å². The third kappa shape index (κ3) is 5.35. The summed E-state index contributed by atoms with van der Waals surface area (Å²) < 4.78 is 0. The van der Waals surface area contributed by atoms with Crippen LogP contribution in [0.25, 0.3) is 0 Å². The summed E-state index contributed by atoms with van der Waals surface area (Å²) in [6.07, 6.45) is 1.01. The molecule has 0 atom stereocenters. The van der Waals surface area contributed by atoms with Gasteiger partial charge in [-0.1, -0.05) is 27.7 Å². The zero-order chi connectivity index (χ0) is 11.2. The standard InChI is InChI=1S/C11H23NO2/c1-5-6-12(7-8-13)9-10(14)11(2,3)4/h13H,5-9H2,1-4H3. The van der Waals surface area contributed by atoms with Gasteiger partial charge in [-0.3, -0.25) is 9.69 Å². The van der Waals surface area contributed by atoms with Crippen LogP contribution in [-0.4, -0.2) is 42.0 Å².